The first-order valence-electron chi connectivity index (χ1n) is 7.25. The molecule has 1 rings (SSSR count). The first-order chi connectivity index (χ1) is 8.61. The van der Waals surface area contributed by atoms with Crippen LogP contribution in [0.3, 0.4) is 0 Å². The Hall–Kier alpha value is -0.610. The lowest BCUT2D eigenvalue weighted by atomic mass is 9.94. The predicted octanol–water partition coefficient (Wildman–Crippen LogP) is 1.95. The lowest BCUT2D eigenvalue weighted by Gasteiger charge is -2.31. The summed E-state index contributed by atoms with van der Waals surface area (Å²) >= 11 is 0. The van der Waals surface area contributed by atoms with Gasteiger partial charge >= 0.3 is 5.97 Å². The third kappa shape index (κ3) is 5.83. The molecule has 0 aromatic rings. The van der Waals surface area contributed by atoms with Gasteiger partial charge in [0.2, 0.25) is 0 Å². The van der Waals surface area contributed by atoms with Crippen LogP contribution in [-0.4, -0.2) is 48.7 Å². The van der Waals surface area contributed by atoms with Gasteiger partial charge in [-0.1, -0.05) is 26.2 Å². The molecule has 0 radical (unpaired) electrons. The fourth-order valence-corrected chi connectivity index (χ4v) is 2.56. The smallest absolute Gasteiger partial charge is 0.307 e. The number of carbonyl (C=O) groups is 1. The van der Waals surface area contributed by atoms with Crippen molar-refractivity contribution in [2.24, 2.45) is 5.92 Å². The molecule has 1 fully saturated rings. The van der Waals surface area contributed by atoms with Gasteiger partial charge in [0.25, 0.3) is 0 Å². The van der Waals surface area contributed by atoms with E-state index in [1.807, 2.05) is 0 Å². The fraction of sp³-hybridized carbons (Fsp3) is 0.929. The number of carboxylic acid groups (broad SMARTS) is 1. The molecule has 1 atom stereocenters. The molecule has 106 valence electrons. The lowest BCUT2D eigenvalue weighted by Crippen LogP contribution is -2.35. The molecule has 2 N–H and O–H groups in total. The highest BCUT2D eigenvalue weighted by molar-refractivity contribution is 5.69. The van der Waals surface area contributed by atoms with Gasteiger partial charge in [-0.25, -0.2) is 0 Å². The number of aliphatic carboxylic acids is 1. The van der Waals surface area contributed by atoms with Crippen LogP contribution in [0.1, 0.15) is 45.4 Å². The minimum atomic E-state index is -0.721. The summed E-state index contributed by atoms with van der Waals surface area (Å²) in [6, 6.07) is 0.775. The number of nitrogens with one attached hydrogen (secondary N) is 1. The van der Waals surface area contributed by atoms with Gasteiger partial charge in [0.1, 0.15) is 0 Å². The summed E-state index contributed by atoms with van der Waals surface area (Å²) in [5.41, 5.74) is 0. The van der Waals surface area contributed by atoms with E-state index >= 15 is 0 Å². The minimum absolute atomic E-state index is 0.291. The van der Waals surface area contributed by atoms with Crippen LogP contribution >= 0.6 is 0 Å². The standard InChI is InChI=1S/C14H28N2O2/c1-12(14(17)18)11-15-9-6-10-16(2)13-7-4-3-5-8-13/h12-13,15H,3-11H2,1-2H3,(H,17,18). The number of carboxylic acids is 1. The van der Waals surface area contributed by atoms with Crippen molar-refractivity contribution in [3.63, 3.8) is 0 Å². The zero-order chi connectivity index (χ0) is 13.4. The van der Waals surface area contributed by atoms with Crippen molar-refractivity contribution in [2.45, 2.75) is 51.5 Å². The monoisotopic (exact) mass is 256 g/mol. The van der Waals surface area contributed by atoms with E-state index < -0.39 is 5.97 Å². The second-order valence-corrected chi connectivity index (χ2v) is 5.57. The van der Waals surface area contributed by atoms with Gasteiger partial charge in [0.05, 0.1) is 5.92 Å². The summed E-state index contributed by atoms with van der Waals surface area (Å²) in [5, 5.41) is 12.0. The lowest BCUT2D eigenvalue weighted by molar-refractivity contribution is -0.140. The van der Waals surface area contributed by atoms with Gasteiger partial charge in [-0.15, -0.1) is 0 Å². The number of hydrogen-bond acceptors (Lipinski definition) is 3. The average molecular weight is 256 g/mol. The summed E-state index contributed by atoms with van der Waals surface area (Å²) in [7, 11) is 2.22. The topological polar surface area (TPSA) is 52.6 Å². The van der Waals surface area contributed by atoms with Gasteiger partial charge in [0.15, 0.2) is 0 Å². The van der Waals surface area contributed by atoms with Gasteiger partial charge in [-0.3, -0.25) is 4.79 Å². The molecule has 18 heavy (non-hydrogen) atoms. The molecule has 1 unspecified atom stereocenters. The maximum absolute atomic E-state index is 10.6. The summed E-state index contributed by atoms with van der Waals surface area (Å²) < 4.78 is 0. The normalized spacial score (nSPS) is 19.1. The SMILES string of the molecule is CC(CNCCCN(C)C1CCCCC1)C(=O)O. The fourth-order valence-electron chi connectivity index (χ4n) is 2.56. The van der Waals surface area contributed by atoms with Crippen LogP contribution in [0.4, 0.5) is 0 Å². The van der Waals surface area contributed by atoms with Crippen molar-refractivity contribution < 1.29 is 9.90 Å². The van der Waals surface area contributed by atoms with E-state index in [9.17, 15) is 4.79 Å². The Morgan fingerprint density at radius 3 is 2.67 bits per heavy atom. The molecule has 0 aromatic carbocycles. The molecule has 4 nitrogen and oxygen atoms in total. The van der Waals surface area contributed by atoms with Crippen molar-refractivity contribution in [3.05, 3.63) is 0 Å². The van der Waals surface area contributed by atoms with Crippen LogP contribution in [0, 0.1) is 5.92 Å². The third-order valence-electron chi connectivity index (χ3n) is 3.93. The van der Waals surface area contributed by atoms with Gasteiger partial charge < -0.3 is 15.3 Å². The van der Waals surface area contributed by atoms with Crippen LogP contribution in [-0.2, 0) is 4.79 Å². The maximum Gasteiger partial charge on any atom is 0.307 e. The van der Waals surface area contributed by atoms with E-state index in [-0.39, 0.29) is 5.92 Å². The van der Waals surface area contributed by atoms with Crippen LogP contribution in [0.5, 0.6) is 0 Å². The van der Waals surface area contributed by atoms with E-state index in [0.717, 1.165) is 25.6 Å². The van der Waals surface area contributed by atoms with Gasteiger partial charge in [0, 0.05) is 12.6 Å². The highest BCUT2D eigenvalue weighted by Gasteiger charge is 2.17. The van der Waals surface area contributed by atoms with Gasteiger partial charge in [-0.05, 0) is 39.4 Å². The van der Waals surface area contributed by atoms with E-state index in [4.69, 9.17) is 5.11 Å². The van der Waals surface area contributed by atoms with Crippen molar-refractivity contribution in [1.29, 1.82) is 0 Å². The number of rotatable bonds is 8. The Morgan fingerprint density at radius 2 is 2.06 bits per heavy atom. The van der Waals surface area contributed by atoms with Crippen molar-refractivity contribution in [3.8, 4) is 0 Å². The molecule has 0 saturated heterocycles. The van der Waals surface area contributed by atoms with Crippen LogP contribution in [0.2, 0.25) is 0 Å². The Bertz CT molecular complexity index is 240. The summed E-state index contributed by atoms with van der Waals surface area (Å²) in [6.45, 7) is 4.33. The minimum Gasteiger partial charge on any atom is -0.481 e. The molecule has 0 spiro atoms. The Morgan fingerprint density at radius 1 is 1.39 bits per heavy atom. The molecule has 1 saturated carbocycles. The Kier molecular flexibility index (Phi) is 7.28. The van der Waals surface area contributed by atoms with Crippen molar-refractivity contribution >= 4 is 5.97 Å². The largest absolute Gasteiger partial charge is 0.481 e. The van der Waals surface area contributed by atoms with Crippen LogP contribution < -0.4 is 5.32 Å². The zero-order valence-electron chi connectivity index (χ0n) is 11.8. The maximum atomic E-state index is 10.6. The van der Waals surface area contributed by atoms with Crippen molar-refractivity contribution in [1.82, 2.24) is 10.2 Å². The zero-order valence-corrected chi connectivity index (χ0v) is 11.8. The Labute approximate surface area is 111 Å². The van der Waals surface area contributed by atoms with Gasteiger partial charge in [-0.2, -0.15) is 0 Å². The first kappa shape index (κ1) is 15.4. The first-order valence-corrected chi connectivity index (χ1v) is 7.25. The average Bonchev–Trinajstić information content (AvgIpc) is 2.38. The third-order valence-corrected chi connectivity index (χ3v) is 3.93. The molecule has 1 aliphatic rings. The summed E-state index contributed by atoms with van der Waals surface area (Å²) in [4.78, 5) is 13.1. The molecule has 1 aliphatic carbocycles. The summed E-state index contributed by atoms with van der Waals surface area (Å²) in [5.74, 6) is -1.01. The van der Waals surface area contributed by atoms with E-state index in [1.54, 1.807) is 6.92 Å². The molecule has 0 heterocycles. The second-order valence-electron chi connectivity index (χ2n) is 5.57. The number of hydrogen-bond donors (Lipinski definition) is 2. The second kappa shape index (κ2) is 8.48. The molecule has 4 heteroatoms. The Balaban J connectivity index is 2.01. The van der Waals surface area contributed by atoms with Crippen LogP contribution in [0.15, 0.2) is 0 Å². The molecule has 0 aromatic heterocycles. The molecular formula is C14H28N2O2. The van der Waals surface area contributed by atoms with Crippen molar-refractivity contribution in [2.75, 3.05) is 26.7 Å². The van der Waals surface area contributed by atoms with Crippen LogP contribution in [0.25, 0.3) is 0 Å². The molecular weight excluding hydrogens is 228 g/mol. The van der Waals surface area contributed by atoms with E-state index in [0.29, 0.717) is 6.54 Å². The highest BCUT2D eigenvalue weighted by Crippen LogP contribution is 2.21. The quantitative estimate of drug-likeness (QED) is 0.652. The molecule has 0 amide bonds. The predicted molar refractivity (Wildman–Crippen MR) is 73.8 cm³/mol. The number of nitrogens with zero attached hydrogens (tertiary/aromatic N) is 1. The summed E-state index contributed by atoms with van der Waals surface area (Å²) in [6.07, 6.45) is 7.95. The van der Waals surface area contributed by atoms with E-state index in [2.05, 4.69) is 17.3 Å². The molecule has 0 bridgehead atoms. The highest BCUT2D eigenvalue weighted by atomic mass is 16.4. The van der Waals surface area contributed by atoms with E-state index in [1.165, 1.54) is 32.1 Å². The molecule has 0 aliphatic heterocycles.